The van der Waals surface area contributed by atoms with Crippen molar-refractivity contribution < 1.29 is 4.92 Å². The monoisotopic (exact) mass is 225 g/mol. The van der Waals surface area contributed by atoms with E-state index in [2.05, 4.69) is 18.2 Å². The lowest BCUT2D eigenvalue weighted by Crippen LogP contribution is -1.89. The highest BCUT2D eigenvalue weighted by atomic mass is 16.6. The van der Waals surface area contributed by atoms with Crippen LogP contribution in [0.2, 0.25) is 0 Å². The molecule has 0 atom stereocenters. The fraction of sp³-hybridized carbons (Fsp3) is 0.143. The molecule has 1 aliphatic carbocycles. The van der Waals surface area contributed by atoms with Gasteiger partial charge in [0.2, 0.25) is 0 Å². The molecular formula is C14H11NO2. The van der Waals surface area contributed by atoms with Gasteiger partial charge in [-0.05, 0) is 35.6 Å². The van der Waals surface area contributed by atoms with E-state index >= 15 is 0 Å². The highest BCUT2D eigenvalue weighted by Crippen LogP contribution is 2.38. The normalized spacial score (nSPS) is 12.1. The van der Waals surface area contributed by atoms with Gasteiger partial charge < -0.3 is 0 Å². The molecule has 1 aliphatic rings. The van der Waals surface area contributed by atoms with E-state index in [1.54, 1.807) is 12.1 Å². The molecule has 0 spiro atoms. The summed E-state index contributed by atoms with van der Waals surface area (Å²) < 4.78 is 0. The Morgan fingerprint density at radius 1 is 1.06 bits per heavy atom. The molecule has 0 amide bonds. The number of nitro groups is 1. The van der Waals surface area contributed by atoms with Crippen LogP contribution in [0.4, 0.5) is 5.69 Å². The first-order valence-corrected chi connectivity index (χ1v) is 5.52. The SMILES string of the molecule is Cc1ccc2c(c1)-c1cc([N+](=O)[O-])ccc1C2. The molecule has 3 nitrogen and oxygen atoms in total. The van der Waals surface area contributed by atoms with Gasteiger partial charge in [0.05, 0.1) is 4.92 Å². The van der Waals surface area contributed by atoms with Crippen LogP contribution in [0.3, 0.4) is 0 Å². The number of fused-ring (bicyclic) bond motifs is 3. The fourth-order valence-corrected chi connectivity index (χ4v) is 2.38. The molecule has 0 fully saturated rings. The van der Waals surface area contributed by atoms with Crippen LogP contribution in [-0.2, 0) is 6.42 Å². The van der Waals surface area contributed by atoms with Crippen molar-refractivity contribution in [3.05, 3.63) is 63.2 Å². The summed E-state index contributed by atoms with van der Waals surface area (Å²) in [5.74, 6) is 0. The lowest BCUT2D eigenvalue weighted by atomic mass is 10.0. The molecule has 2 aromatic rings. The van der Waals surface area contributed by atoms with Crippen LogP contribution >= 0.6 is 0 Å². The molecular weight excluding hydrogens is 214 g/mol. The summed E-state index contributed by atoms with van der Waals surface area (Å²) in [6.07, 6.45) is 0.878. The first kappa shape index (κ1) is 10.0. The van der Waals surface area contributed by atoms with Gasteiger partial charge in [0.15, 0.2) is 0 Å². The molecule has 84 valence electrons. The third kappa shape index (κ3) is 1.51. The number of hydrogen-bond acceptors (Lipinski definition) is 2. The topological polar surface area (TPSA) is 43.1 Å². The highest BCUT2D eigenvalue weighted by molar-refractivity contribution is 5.78. The van der Waals surface area contributed by atoms with E-state index in [9.17, 15) is 10.1 Å². The maximum Gasteiger partial charge on any atom is 0.270 e. The van der Waals surface area contributed by atoms with Crippen LogP contribution in [0, 0.1) is 17.0 Å². The number of rotatable bonds is 1. The summed E-state index contributed by atoms with van der Waals surface area (Å²) in [7, 11) is 0. The lowest BCUT2D eigenvalue weighted by Gasteiger charge is -2.02. The molecule has 0 saturated carbocycles. The number of nitrogens with zero attached hydrogens (tertiary/aromatic N) is 1. The predicted molar refractivity (Wildman–Crippen MR) is 66.1 cm³/mol. The van der Waals surface area contributed by atoms with E-state index in [-0.39, 0.29) is 10.6 Å². The maximum absolute atomic E-state index is 10.8. The summed E-state index contributed by atoms with van der Waals surface area (Å²) in [6, 6.07) is 11.4. The Labute approximate surface area is 98.9 Å². The second-order valence-corrected chi connectivity index (χ2v) is 4.44. The van der Waals surface area contributed by atoms with Crippen molar-refractivity contribution in [3.8, 4) is 11.1 Å². The average molecular weight is 225 g/mol. The standard InChI is InChI=1S/C14H11NO2/c1-9-2-3-10-7-11-4-5-12(15(16)17)8-14(11)13(10)6-9/h2-6,8H,7H2,1H3. The van der Waals surface area contributed by atoms with Gasteiger partial charge in [-0.1, -0.05) is 29.8 Å². The minimum atomic E-state index is -0.339. The molecule has 0 unspecified atom stereocenters. The van der Waals surface area contributed by atoms with E-state index in [1.165, 1.54) is 16.7 Å². The molecule has 17 heavy (non-hydrogen) atoms. The summed E-state index contributed by atoms with van der Waals surface area (Å²) in [4.78, 5) is 10.4. The Morgan fingerprint density at radius 2 is 1.71 bits per heavy atom. The third-order valence-electron chi connectivity index (χ3n) is 3.24. The van der Waals surface area contributed by atoms with Crippen LogP contribution in [0.5, 0.6) is 0 Å². The van der Waals surface area contributed by atoms with E-state index in [1.807, 2.05) is 13.0 Å². The van der Waals surface area contributed by atoms with Gasteiger partial charge in [-0.25, -0.2) is 0 Å². The molecule has 2 aromatic carbocycles. The number of aryl methyl sites for hydroxylation is 1. The van der Waals surface area contributed by atoms with Crippen molar-refractivity contribution >= 4 is 5.69 Å². The molecule has 0 saturated heterocycles. The Hall–Kier alpha value is -2.16. The van der Waals surface area contributed by atoms with E-state index in [4.69, 9.17) is 0 Å². The number of hydrogen-bond donors (Lipinski definition) is 0. The molecule has 3 heteroatoms. The van der Waals surface area contributed by atoms with E-state index in [0.29, 0.717) is 0 Å². The van der Waals surface area contributed by atoms with Gasteiger partial charge in [-0.3, -0.25) is 10.1 Å². The van der Waals surface area contributed by atoms with Gasteiger partial charge in [-0.2, -0.15) is 0 Å². The molecule has 0 bridgehead atoms. The maximum atomic E-state index is 10.8. The predicted octanol–water partition coefficient (Wildman–Crippen LogP) is 3.47. The van der Waals surface area contributed by atoms with Crippen molar-refractivity contribution in [2.24, 2.45) is 0 Å². The van der Waals surface area contributed by atoms with Gasteiger partial charge in [0.25, 0.3) is 5.69 Å². The lowest BCUT2D eigenvalue weighted by molar-refractivity contribution is -0.384. The van der Waals surface area contributed by atoms with Gasteiger partial charge in [-0.15, -0.1) is 0 Å². The molecule has 0 radical (unpaired) electrons. The Morgan fingerprint density at radius 3 is 2.41 bits per heavy atom. The molecule has 0 aliphatic heterocycles. The molecule has 0 heterocycles. The first-order valence-electron chi connectivity index (χ1n) is 5.52. The molecule has 0 aromatic heterocycles. The minimum Gasteiger partial charge on any atom is -0.258 e. The van der Waals surface area contributed by atoms with Crippen molar-refractivity contribution in [3.63, 3.8) is 0 Å². The van der Waals surface area contributed by atoms with Crippen molar-refractivity contribution in [2.45, 2.75) is 13.3 Å². The van der Waals surface area contributed by atoms with Crippen LogP contribution in [-0.4, -0.2) is 4.92 Å². The summed E-state index contributed by atoms with van der Waals surface area (Å²) in [6.45, 7) is 2.04. The van der Waals surface area contributed by atoms with Crippen LogP contribution in [0.15, 0.2) is 36.4 Å². The van der Waals surface area contributed by atoms with E-state index in [0.717, 1.165) is 17.5 Å². The Bertz CT molecular complexity index is 632. The highest BCUT2D eigenvalue weighted by Gasteiger charge is 2.20. The Kier molecular flexibility index (Phi) is 2.01. The number of non-ortho nitro benzene ring substituents is 1. The van der Waals surface area contributed by atoms with E-state index < -0.39 is 0 Å². The Balaban J connectivity index is 2.22. The molecule has 0 N–H and O–H groups in total. The smallest absolute Gasteiger partial charge is 0.258 e. The van der Waals surface area contributed by atoms with Crippen LogP contribution in [0.1, 0.15) is 16.7 Å². The molecule has 3 rings (SSSR count). The second-order valence-electron chi connectivity index (χ2n) is 4.44. The van der Waals surface area contributed by atoms with Gasteiger partial charge in [0, 0.05) is 12.1 Å². The average Bonchev–Trinajstić information content (AvgIpc) is 2.66. The van der Waals surface area contributed by atoms with Gasteiger partial charge >= 0.3 is 0 Å². The van der Waals surface area contributed by atoms with Gasteiger partial charge in [0.1, 0.15) is 0 Å². The minimum absolute atomic E-state index is 0.165. The zero-order chi connectivity index (χ0) is 12.0. The summed E-state index contributed by atoms with van der Waals surface area (Å²) in [5, 5.41) is 10.8. The summed E-state index contributed by atoms with van der Waals surface area (Å²) in [5.41, 5.74) is 5.94. The van der Waals surface area contributed by atoms with Crippen LogP contribution < -0.4 is 0 Å². The zero-order valence-corrected chi connectivity index (χ0v) is 9.43. The number of nitro benzene ring substituents is 1. The quantitative estimate of drug-likeness (QED) is 0.470. The van der Waals surface area contributed by atoms with Crippen molar-refractivity contribution in [1.29, 1.82) is 0 Å². The van der Waals surface area contributed by atoms with Crippen LogP contribution in [0.25, 0.3) is 11.1 Å². The summed E-state index contributed by atoms with van der Waals surface area (Å²) >= 11 is 0. The van der Waals surface area contributed by atoms with Crippen molar-refractivity contribution in [2.75, 3.05) is 0 Å². The van der Waals surface area contributed by atoms with Crippen molar-refractivity contribution in [1.82, 2.24) is 0 Å². The largest absolute Gasteiger partial charge is 0.270 e. The number of benzene rings is 2. The first-order chi connectivity index (χ1) is 8.15. The zero-order valence-electron chi connectivity index (χ0n) is 9.43. The fourth-order valence-electron chi connectivity index (χ4n) is 2.38. The second kappa shape index (κ2) is 3.42. The third-order valence-corrected chi connectivity index (χ3v) is 3.24.